The van der Waals surface area contributed by atoms with Crippen molar-refractivity contribution in [1.82, 2.24) is 16.2 Å². The van der Waals surface area contributed by atoms with Crippen molar-refractivity contribution in [3.63, 3.8) is 0 Å². The van der Waals surface area contributed by atoms with Gasteiger partial charge in [-0.15, -0.1) is 0 Å². The van der Waals surface area contributed by atoms with E-state index in [2.05, 4.69) is 16.2 Å². The summed E-state index contributed by atoms with van der Waals surface area (Å²) in [6.07, 6.45) is 0. The van der Waals surface area contributed by atoms with Crippen LogP contribution < -0.4 is 20.9 Å². The fourth-order valence-corrected chi connectivity index (χ4v) is 3.48. The van der Waals surface area contributed by atoms with Crippen LogP contribution in [-0.2, 0) is 9.59 Å². The summed E-state index contributed by atoms with van der Waals surface area (Å²) in [6.45, 7) is 3.64. The lowest BCUT2D eigenvalue weighted by Crippen LogP contribution is -2.50. The molecule has 3 aromatic carbocycles. The zero-order chi connectivity index (χ0) is 22.9. The summed E-state index contributed by atoms with van der Waals surface area (Å²) in [4.78, 5) is 25.1. The molecule has 0 unspecified atom stereocenters. The van der Waals surface area contributed by atoms with Crippen molar-refractivity contribution in [3.8, 4) is 5.75 Å². The highest BCUT2D eigenvalue weighted by atomic mass is 32.1. The maximum atomic E-state index is 13.0. The van der Waals surface area contributed by atoms with Crippen LogP contribution in [0.1, 0.15) is 28.2 Å². The molecule has 0 atom stereocenters. The van der Waals surface area contributed by atoms with Gasteiger partial charge in [-0.2, -0.15) is 0 Å². The number of aryl methyl sites for hydroxylation is 2. The van der Waals surface area contributed by atoms with E-state index in [1.807, 2.05) is 92.7 Å². The highest BCUT2D eigenvalue weighted by Gasteiger charge is 2.23. The normalized spacial score (nSPS) is 10.3. The van der Waals surface area contributed by atoms with Crippen molar-refractivity contribution in [2.45, 2.75) is 19.8 Å². The summed E-state index contributed by atoms with van der Waals surface area (Å²) in [6, 6.07) is 24.6. The molecular weight excluding hydrogens is 422 g/mol. The topological polar surface area (TPSA) is 79.5 Å². The molecule has 0 spiro atoms. The maximum Gasteiger partial charge on any atom is 0.276 e. The molecule has 3 rings (SSSR count). The van der Waals surface area contributed by atoms with E-state index in [4.69, 9.17) is 17.0 Å². The van der Waals surface area contributed by atoms with E-state index >= 15 is 0 Å². The second-order valence-corrected chi connectivity index (χ2v) is 7.66. The quantitative estimate of drug-likeness (QED) is 0.398. The van der Waals surface area contributed by atoms with Crippen molar-refractivity contribution >= 4 is 29.1 Å². The second-order valence-electron chi connectivity index (χ2n) is 7.26. The van der Waals surface area contributed by atoms with Gasteiger partial charge in [0, 0.05) is 0 Å². The summed E-state index contributed by atoms with van der Waals surface area (Å²) in [5.74, 6) is -0.597. The molecule has 0 aliphatic carbocycles. The van der Waals surface area contributed by atoms with Gasteiger partial charge in [-0.25, -0.2) is 0 Å². The molecule has 0 aliphatic heterocycles. The van der Waals surface area contributed by atoms with Crippen LogP contribution in [0.3, 0.4) is 0 Å². The SMILES string of the molecule is Cc1cccc(C)c1OCC(=O)NNC(=S)NC(=O)C(c1ccccc1)c1ccccc1. The summed E-state index contributed by atoms with van der Waals surface area (Å²) in [5.41, 5.74) is 8.57. The summed E-state index contributed by atoms with van der Waals surface area (Å²) in [7, 11) is 0. The van der Waals surface area contributed by atoms with E-state index in [1.165, 1.54) is 0 Å². The van der Waals surface area contributed by atoms with Gasteiger partial charge in [-0.1, -0.05) is 78.9 Å². The number of carbonyl (C=O) groups excluding carboxylic acids is 2. The van der Waals surface area contributed by atoms with E-state index in [9.17, 15) is 9.59 Å². The summed E-state index contributed by atoms with van der Waals surface area (Å²) >= 11 is 5.19. The van der Waals surface area contributed by atoms with Gasteiger partial charge in [-0.3, -0.25) is 20.4 Å². The van der Waals surface area contributed by atoms with Crippen LogP contribution in [0.5, 0.6) is 5.75 Å². The average Bonchev–Trinajstić information content (AvgIpc) is 2.79. The van der Waals surface area contributed by atoms with Gasteiger partial charge in [-0.05, 0) is 48.3 Å². The Morgan fingerprint density at radius 1 is 0.812 bits per heavy atom. The molecule has 0 bridgehead atoms. The molecular formula is C25H25N3O3S. The summed E-state index contributed by atoms with van der Waals surface area (Å²) < 4.78 is 5.61. The number of rotatable bonds is 6. The maximum absolute atomic E-state index is 13.0. The molecule has 0 aromatic heterocycles. The third kappa shape index (κ3) is 6.15. The molecule has 3 N–H and O–H groups in total. The first-order valence-electron chi connectivity index (χ1n) is 10.1. The molecule has 2 amide bonds. The van der Waals surface area contributed by atoms with Crippen LogP contribution in [-0.4, -0.2) is 23.5 Å². The zero-order valence-corrected chi connectivity index (χ0v) is 18.7. The number of thiocarbonyl (C=S) groups is 1. The largest absolute Gasteiger partial charge is 0.483 e. The number of para-hydroxylation sites is 1. The molecule has 0 heterocycles. The van der Waals surface area contributed by atoms with E-state index < -0.39 is 11.8 Å². The van der Waals surface area contributed by atoms with Crippen LogP contribution in [0.25, 0.3) is 0 Å². The first-order chi connectivity index (χ1) is 15.5. The first kappa shape index (κ1) is 23.0. The minimum atomic E-state index is -0.541. The van der Waals surface area contributed by atoms with Gasteiger partial charge in [0.25, 0.3) is 5.91 Å². The monoisotopic (exact) mass is 447 g/mol. The van der Waals surface area contributed by atoms with Crippen LogP contribution in [0.2, 0.25) is 0 Å². The Hall–Kier alpha value is -3.71. The average molecular weight is 448 g/mol. The Balaban J connectivity index is 1.56. The summed E-state index contributed by atoms with van der Waals surface area (Å²) in [5, 5.41) is 2.64. The Morgan fingerprint density at radius 3 is 1.88 bits per heavy atom. The molecule has 0 saturated heterocycles. The van der Waals surface area contributed by atoms with Gasteiger partial charge in [0.15, 0.2) is 11.7 Å². The number of hydrogen-bond acceptors (Lipinski definition) is 4. The number of amides is 2. The van der Waals surface area contributed by atoms with Crippen molar-refractivity contribution in [1.29, 1.82) is 0 Å². The molecule has 164 valence electrons. The lowest BCUT2D eigenvalue weighted by Gasteiger charge is -2.19. The zero-order valence-electron chi connectivity index (χ0n) is 17.9. The molecule has 0 aliphatic rings. The molecule has 0 radical (unpaired) electrons. The van der Waals surface area contributed by atoms with Gasteiger partial charge >= 0.3 is 0 Å². The molecule has 0 fully saturated rings. The Bertz CT molecular complexity index is 1030. The lowest BCUT2D eigenvalue weighted by atomic mass is 9.90. The number of hydrazine groups is 1. The first-order valence-corrected chi connectivity index (χ1v) is 10.5. The van der Waals surface area contributed by atoms with Crippen molar-refractivity contribution < 1.29 is 14.3 Å². The smallest absolute Gasteiger partial charge is 0.276 e. The fraction of sp³-hybridized carbons (Fsp3) is 0.160. The highest BCUT2D eigenvalue weighted by Crippen LogP contribution is 2.24. The van der Waals surface area contributed by atoms with Gasteiger partial charge < -0.3 is 10.1 Å². The molecule has 32 heavy (non-hydrogen) atoms. The fourth-order valence-electron chi connectivity index (χ4n) is 3.33. The van der Waals surface area contributed by atoms with Gasteiger partial charge in [0.2, 0.25) is 5.91 Å². The lowest BCUT2D eigenvalue weighted by molar-refractivity contribution is -0.124. The van der Waals surface area contributed by atoms with Gasteiger partial charge in [0.05, 0.1) is 5.92 Å². The van der Waals surface area contributed by atoms with E-state index in [0.29, 0.717) is 5.75 Å². The molecule has 0 saturated carbocycles. The van der Waals surface area contributed by atoms with E-state index in [0.717, 1.165) is 22.3 Å². The number of ether oxygens (including phenoxy) is 1. The predicted molar refractivity (Wildman–Crippen MR) is 128 cm³/mol. The highest BCUT2D eigenvalue weighted by molar-refractivity contribution is 7.80. The third-order valence-corrected chi connectivity index (χ3v) is 5.04. The van der Waals surface area contributed by atoms with Crippen molar-refractivity contribution in [2.24, 2.45) is 0 Å². The minimum absolute atomic E-state index is 0.00714. The molecule has 6 nitrogen and oxygen atoms in total. The Labute approximate surface area is 193 Å². The number of hydrogen-bond donors (Lipinski definition) is 3. The van der Waals surface area contributed by atoms with E-state index in [-0.39, 0.29) is 17.6 Å². The number of nitrogens with one attached hydrogen (secondary N) is 3. The number of benzene rings is 3. The standard InChI is InChI=1S/C25H25N3O3S/c1-17-10-9-11-18(2)23(17)31-16-21(29)27-28-25(32)26-24(30)22(19-12-5-3-6-13-19)20-14-7-4-8-15-20/h3-15,22H,16H2,1-2H3,(H,27,29)(H2,26,28,30,32). The van der Waals surface area contributed by atoms with Gasteiger partial charge in [0.1, 0.15) is 5.75 Å². The second kappa shape index (κ2) is 11.1. The van der Waals surface area contributed by atoms with Crippen molar-refractivity contribution in [3.05, 3.63) is 101 Å². The van der Waals surface area contributed by atoms with Crippen LogP contribution >= 0.6 is 12.2 Å². The Kier molecular flexibility index (Phi) is 7.94. The van der Waals surface area contributed by atoms with Crippen LogP contribution in [0.15, 0.2) is 78.9 Å². The Morgan fingerprint density at radius 2 is 1.34 bits per heavy atom. The van der Waals surface area contributed by atoms with Crippen molar-refractivity contribution in [2.75, 3.05) is 6.61 Å². The third-order valence-electron chi connectivity index (χ3n) is 4.84. The van der Waals surface area contributed by atoms with Crippen LogP contribution in [0, 0.1) is 13.8 Å². The molecule has 3 aromatic rings. The predicted octanol–water partition coefficient (Wildman–Crippen LogP) is 3.54. The van der Waals surface area contributed by atoms with E-state index in [1.54, 1.807) is 0 Å². The van der Waals surface area contributed by atoms with Crippen LogP contribution in [0.4, 0.5) is 0 Å². The number of carbonyl (C=O) groups is 2. The minimum Gasteiger partial charge on any atom is -0.483 e. The molecule has 7 heteroatoms.